The maximum atomic E-state index is 12.4. The zero-order valence-electron chi connectivity index (χ0n) is 17.4. The summed E-state index contributed by atoms with van der Waals surface area (Å²) in [7, 11) is 2.98. The van der Waals surface area contributed by atoms with Crippen LogP contribution in [0.1, 0.15) is 62.3 Å². The number of carbonyl (C=O) groups is 3. The van der Waals surface area contributed by atoms with Gasteiger partial charge in [-0.3, -0.25) is 14.5 Å². The number of carboxylic acids is 1. The lowest BCUT2D eigenvalue weighted by Gasteiger charge is -2.27. The van der Waals surface area contributed by atoms with Crippen LogP contribution in [0.5, 0.6) is 0 Å². The molecule has 0 bridgehead atoms. The van der Waals surface area contributed by atoms with Crippen molar-refractivity contribution in [1.82, 2.24) is 20.2 Å². The summed E-state index contributed by atoms with van der Waals surface area (Å²) in [4.78, 5) is 45.3. The summed E-state index contributed by atoms with van der Waals surface area (Å²) in [5.74, 6) is 0.618. The fourth-order valence-corrected chi connectivity index (χ4v) is 4.64. The van der Waals surface area contributed by atoms with Crippen LogP contribution in [-0.4, -0.2) is 68.1 Å². The molecule has 0 radical (unpaired) electrons. The van der Waals surface area contributed by atoms with Gasteiger partial charge in [-0.2, -0.15) is 0 Å². The van der Waals surface area contributed by atoms with Gasteiger partial charge in [-0.15, -0.1) is 0 Å². The molecule has 9 nitrogen and oxygen atoms in total. The topological polar surface area (TPSA) is 122 Å². The third-order valence-electron chi connectivity index (χ3n) is 4.07. The van der Waals surface area contributed by atoms with Gasteiger partial charge in [0.1, 0.15) is 5.60 Å². The van der Waals surface area contributed by atoms with Gasteiger partial charge in [-0.05, 0) is 33.6 Å². The van der Waals surface area contributed by atoms with Gasteiger partial charge in [0, 0.05) is 37.0 Å². The zero-order chi connectivity index (χ0) is 22.1. The quantitative estimate of drug-likeness (QED) is 0.426. The number of aromatic nitrogens is 2. The molecule has 1 fully saturated rings. The van der Waals surface area contributed by atoms with Crippen LogP contribution in [0, 0.1) is 0 Å². The Morgan fingerprint density at radius 2 is 1.90 bits per heavy atom. The SMILES string of the molecule is CC(C)(C)OC(=O)N1CCCC1c1ncc(C(=O)NCCSSCCC(=O)O)cn1. The summed E-state index contributed by atoms with van der Waals surface area (Å²) in [6, 6.07) is -0.254. The molecule has 1 atom stereocenters. The highest BCUT2D eigenvalue weighted by Gasteiger charge is 2.34. The van der Waals surface area contributed by atoms with E-state index in [4.69, 9.17) is 9.84 Å². The molecule has 1 aromatic rings. The first-order chi connectivity index (χ1) is 14.2. The van der Waals surface area contributed by atoms with E-state index in [9.17, 15) is 14.4 Å². The lowest BCUT2D eigenvalue weighted by Crippen LogP contribution is -2.37. The minimum Gasteiger partial charge on any atom is -0.481 e. The van der Waals surface area contributed by atoms with Crippen molar-refractivity contribution in [2.45, 2.75) is 51.7 Å². The van der Waals surface area contributed by atoms with E-state index in [1.165, 1.54) is 34.0 Å². The number of amides is 2. The van der Waals surface area contributed by atoms with E-state index in [0.29, 0.717) is 36.0 Å². The highest BCUT2D eigenvalue weighted by Crippen LogP contribution is 2.31. The molecule has 0 aliphatic carbocycles. The van der Waals surface area contributed by atoms with Crippen molar-refractivity contribution in [3.8, 4) is 0 Å². The minimum absolute atomic E-state index is 0.125. The second-order valence-corrected chi connectivity index (χ2v) is 10.4. The highest BCUT2D eigenvalue weighted by molar-refractivity contribution is 8.76. The van der Waals surface area contributed by atoms with Crippen LogP contribution in [0.2, 0.25) is 0 Å². The highest BCUT2D eigenvalue weighted by atomic mass is 33.1. The van der Waals surface area contributed by atoms with Crippen LogP contribution >= 0.6 is 21.6 Å². The number of carbonyl (C=O) groups excluding carboxylic acids is 2. The molecule has 2 rings (SSSR count). The molecule has 1 aliphatic rings. The number of likely N-dealkylation sites (tertiary alicyclic amines) is 1. The molecule has 0 spiro atoms. The van der Waals surface area contributed by atoms with Gasteiger partial charge in [0.2, 0.25) is 0 Å². The van der Waals surface area contributed by atoms with Crippen molar-refractivity contribution < 1.29 is 24.2 Å². The summed E-state index contributed by atoms with van der Waals surface area (Å²) in [6.07, 6.45) is 4.28. The fourth-order valence-electron chi connectivity index (χ4n) is 2.76. The first kappa shape index (κ1) is 24.3. The molecule has 11 heteroatoms. The van der Waals surface area contributed by atoms with Crippen LogP contribution in [0.3, 0.4) is 0 Å². The van der Waals surface area contributed by atoms with Crippen LogP contribution in [0.4, 0.5) is 4.79 Å². The predicted octanol–water partition coefficient (Wildman–Crippen LogP) is 3.13. The van der Waals surface area contributed by atoms with Gasteiger partial charge >= 0.3 is 12.1 Å². The molecule has 30 heavy (non-hydrogen) atoms. The number of aliphatic carboxylic acids is 1. The van der Waals surface area contributed by atoms with Gasteiger partial charge in [-0.1, -0.05) is 21.6 Å². The van der Waals surface area contributed by atoms with Gasteiger partial charge < -0.3 is 15.2 Å². The lowest BCUT2D eigenvalue weighted by molar-refractivity contribution is -0.136. The Kier molecular flexibility index (Phi) is 9.22. The van der Waals surface area contributed by atoms with Gasteiger partial charge in [0.25, 0.3) is 5.91 Å². The van der Waals surface area contributed by atoms with Crippen LogP contribution < -0.4 is 5.32 Å². The van der Waals surface area contributed by atoms with Gasteiger partial charge in [-0.25, -0.2) is 14.8 Å². The Morgan fingerprint density at radius 1 is 1.23 bits per heavy atom. The summed E-state index contributed by atoms with van der Waals surface area (Å²) in [5, 5.41) is 11.4. The number of rotatable bonds is 9. The van der Waals surface area contributed by atoms with Crippen LogP contribution in [0.15, 0.2) is 12.4 Å². The molecule has 2 heterocycles. The molecular formula is C19H28N4O5S2. The van der Waals surface area contributed by atoms with Crippen molar-refractivity contribution in [3.05, 3.63) is 23.8 Å². The van der Waals surface area contributed by atoms with Crippen LogP contribution in [-0.2, 0) is 9.53 Å². The molecule has 166 valence electrons. The first-order valence-electron chi connectivity index (χ1n) is 9.73. The molecule has 2 N–H and O–H groups in total. The Hall–Kier alpha value is -2.01. The Balaban J connectivity index is 1.81. The van der Waals surface area contributed by atoms with E-state index in [1.54, 1.807) is 4.90 Å². The normalized spacial score (nSPS) is 16.4. The lowest BCUT2D eigenvalue weighted by atomic mass is 10.2. The van der Waals surface area contributed by atoms with E-state index in [2.05, 4.69) is 15.3 Å². The van der Waals surface area contributed by atoms with Crippen LogP contribution in [0.25, 0.3) is 0 Å². The number of carboxylic acid groups (broad SMARTS) is 1. The largest absolute Gasteiger partial charge is 0.481 e. The Labute approximate surface area is 184 Å². The molecule has 2 amide bonds. The predicted molar refractivity (Wildman–Crippen MR) is 116 cm³/mol. The maximum Gasteiger partial charge on any atom is 0.410 e. The molecule has 0 aromatic carbocycles. The van der Waals surface area contributed by atoms with Gasteiger partial charge in [0.15, 0.2) is 5.82 Å². The average molecular weight is 457 g/mol. The van der Waals surface area contributed by atoms with Crippen molar-refractivity contribution in [2.75, 3.05) is 24.6 Å². The van der Waals surface area contributed by atoms with E-state index < -0.39 is 11.6 Å². The minimum atomic E-state index is -0.813. The number of nitrogens with zero attached hydrogens (tertiary/aromatic N) is 3. The third-order valence-corrected chi connectivity index (χ3v) is 6.47. The first-order valence-corrected chi connectivity index (χ1v) is 12.2. The molecular weight excluding hydrogens is 428 g/mol. The number of nitrogens with one attached hydrogen (secondary N) is 1. The second-order valence-electron chi connectivity index (χ2n) is 7.71. The van der Waals surface area contributed by atoms with E-state index in [0.717, 1.165) is 12.8 Å². The Morgan fingerprint density at radius 3 is 2.53 bits per heavy atom. The van der Waals surface area contributed by atoms with E-state index in [-0.39, 0.29) is 24.5 Å². The number of hydrogen-bond acceptors (Lipinski definition) is 8. The molecule has 1 saturated heterocycles. The maximum absolute atomic E-state index is 12.4. The average Bonchev–Trinajstić information content (AvgIpc) is 3.15. The standard InChI is InChI=1S/C19H28N4O5S2/c1-19(2,3)28-18(27)23-8-4-5-14(23)16-21-11-13(12-22-16)17(26)20-7-10-30-29-9-6-15(24)25/h11-12,14H,4-10H2,1-3H3,(H,20,26)(H,24,25). The van der Waals surface area contributed by atoms with Crippen molar-refractivity contribution in [2.24, 2.45) is 0 Å². The number of hydrogen-bond donors (Lipinski definition) is 2. The molecule has 1 aromatic heterocycles. The van der Waals surface area contributed by atoms with Crippen molar-refractivity contribution in [1.29, 1.82) is 0 Å². The monoisotopic (exact) mass is 456 g/mol. The van der Waals surface area contributed by atoms with E-state index >= 15 is 0 Å². The summed E-state index contributed by atoms with van der Waals surface area (Å²) in [6.45, 7) is 6.53. The zero-order valence-corrected chi connectivity index (χ0v) is 19.1. The fraction of sp³-hybridized carbons (Fsp3) is 0.632. The third kappa shape index (κ3) is 8.02. The van der Waals surface area contributed by atoms with Crippen molar-refractivity contribution in [3.63, 3.8) is 0 Å². The van der Waals surface area contributed by atoms with Crippen molar-refractivity contribution >= 4 is 39.6 Å². The summed E-state index contributed by atoms with van der Waals surface area (Å²) < 4.78 is 5.46. The number of ether oxygens (including phenoxy) is 1. The van der Waals surface area contributed by atoms with E-state index in [1.807, 2.05) is 20.8 Å². The summed E-state index contributed by atoms with van der Waals surface area (Å²) in [5.41, 5.74) is -0.218. The smallest absolute Gasteiger partial charge is 0.410 e. The second kappa shape index (κ2) is 11.4. The Bertz CT molecular complexity index is 739. The molecule has 0 saturated carbocycles. The summed E-state index contributed by atoms with van der Waals surface area (Å²) >= 11 is 0. The molecule has 1 aliphatic heterocycles. The molecule has 1 unspecified atom stereocenters. The van der Waals surface area contributed by atoms with Gasteiger partial charge in [0.05, 0.1) is 18.0 Å².